The van der Waals surface area contributed by atoms with E-state index >= 15 is 0 Å². The van der Waals surface area contributed by atoms with Crippen LogP contribution in [0.15, 0.2) is 65.4 Å². The van der Waals surface area contributed by atoms with Crippen LogP contribution in [0.25, 0.3) is 33.7 Å². The highest BCUT2D eigenvalue weighted by molar-refractivity contribution is 5.77. The van der Waals surface area contributed by atoms with Gasteiger partial charge in [-0.15, -0.1) is 0 Å². The molecule has 31 heavy (non-hydrogen) atoms. The van der Waals surface area contributed by atoms with Gasteiger partial charge in [0.25, 0.3) is 0 Å². The summed E-state index contributed by atoms with van der Waals surface area (Å²) in [6, 6.07) is 13.3. The summed E-state index contributed by atoms with van der Waals surface area (Å²) in [6.07, 6.45) is 3.27. The van der Waals surface area contributed by atoms with Crippen molar-refractivity contribution in [1.82, 2.24) is 20.2 Å². The van der Waals surface area contributed by atoms with E-state index in [0.29, 0.717) is 29.0 Å². The minimum Gasteiger partial charge on any atom is -0.497 e. The SMILES string of the molecule is COc1ccc(-c2cc(C[n+]3cc4[nH]c(-c5cccc(F)c5F)nc4cn3)on2)cc1. The van der Waals surface area contributed by atoms with Gasteiger partial charge in [-0.2, -0.15) is 0 Å². The maximum absolute atomic E-state index is 14.1. The molecule has 3 heterocycles. The first-order valence-corrected chi connectivity index (χ1v) is 9.40. The molecule has 0 fully saturated rings. The molecular weight excluding hydrogens is 404 g/mol. The molecule has 3 aromatic heterocycles. The van der Waals surface area contributed by atoms with Crippen LogP contribution in [-0.2, 0) is 6.54 Å². The van der Waals surface area contributed by atoms with Crippen LogP contribution in [0.1, 0.15) is 5.76 Å². The lowest BCUT2D eigenvalue weighted by atomic mass is 10.1. The molecule has 0 atom stereocenters. The number of aromatic amines is 1. The number of methoxy groups -OCH3 is 1. The van der Waals surface area contributed by atoms with E-state index in [1.165, 1.54) is 12.1 Å². The maximum Gasteiger partial charge on any atom is 0.234 e. The summed E-state index contributed by atoms with van der Waals surface area (Å²) in [6.45, 7) is 0.335. The predicted octanol–water partition coefficient (Wildman–Crippen LogP) is 3.90. The quantitative estimate of drug-likeness (QED) is 0.436. The predicted molar refractivity (Wildman–Crippen MR) is 107 cm³/mol. The first kappa shape index (κ1) is 18.9. The molecule has 0 saturated heterocycles. The molecule has 0 amide bonds. The van der Waals surface area contributed by atoms with Crippen molar-refractivity contribution in [3.63, 3.8) is 0 Å². The number of ether oxygens (including phenoxy) is 1. The molecule has 7 nitrogen and oxygen atoms in total. The fourth-order valence-electron chi connectivity index (χ4n) is 3.25. The van der Waals surface area contributed by atoms with Gasteiger partial charge in [0.1, 0.15) is 34.5 Å². The van der Waals surface area contributed by atoms with Crippen LogP contribution in [0.4, 0.5) is 8.78 Å². The van der Waals surface area contributed by atoms with E-state index < -0.39 is 11.6 Å². The molecule has 0 saturated carbocycles. The summed E-state index contributed by atoms with van der Waals surface area (Å²) >= 11 is 0. The Morgan fingerprint density at radius 1 is 1.13 bits per heavy atom. The van der Waals surface area contributed by atoms with E-state index in [0.717, 1.165) is 17.4 Å². The Labute approximate surface area is 174 Å². The summed E-state index contributed by atoms with van der Waals surface area (Å²) in [7, 11) is 1.61. The summed E-state index contributed by atoms with van der Waals surface area (Å²) in [4.78, 5) is 7.32. The number of aromatic nitrogens is 5. The van der Waals surface area contributed by atoms with Gasteiger partial charge in [0.05, 0.1) is 12.7 Å². The molecule has 0 aliphatic carbocycles. The lowest BCUT2D eigenvalue weighted by molar-refractivity contribution is -0.746. The first-order chi connectivity index (χ1) is 15.1. The summed E-state index contributed by atoms with van der Waals surface area (Å²) in [5, 5.41) is 8.42. The second-order valence-corrected chi connectivity index (χ2v) is 6.86. The first-order valence-electron chi connectivity index (χ1n) is 9.40. The van der Waals surface area contributed by atoms with Gasteiger partial charge in [-0.1, -0.05) is 15.9 Å². The number of hydrogen-bond donors (Lipinski definition) is 1. The van der Waals surface area contributed by atoms with E-state index in [-0.39, 0.29) is 11.4 Å². The van der Waals surface area contributed by atoms with Crippen molar-refractivity contribution >= 4 is 11.0 Å². The Balaban J connectivity index is 1.40. The Morgan fingerprint density at radius 3 is 2.77 bits per heavy atom. The van der Waals surface area contributed by atoms with Gasteiger partial charge in [-0.25, -0.2) is 13.8 Å². The molecule has 0 unspecified atom stereocenters. The smallest absolute Gasteiger partial charge is 0.234 e. The van der Waals surface area contributed by atoms with Crippen LogP contribution in [0, 0.1) is 11.6 Å². The summed E-state index contributed by atoms with van der Waals surface area (Å²) in [5.41, 5.74) is 2.82. The summed E-state index contributed by atoms with van der Waals surface area (Å²) < 4.78 is 39.9. The molecule has 0 bridgehead atoms. The number of hydrogen-bond acceptors (Lipinski definition) is 5. The molecule has 1 N–H and O–H groups in total. The van der Waals surface area contributed by atoms with E-state index in [2.05, 4.69) is 20.2 Å². The molecule has 2 aromatic carbocycles. The van der Waals surface area contributed by atoms with E-state index in [1.54, 1.807) is 24.2 Å². The van der Waals surface area contributed by atoms with Crippen LogP contribution in [-0.4, -0.2) is 27.3 Å². The van der Waals surface area contributed by atoms with Crippen LogP contribution in [0.5, 0.6) is 5.75 Å². The molecule has 0 aliphatic rings. The lowest BCUT2D eigenvalue weighted by Crippen LogP contribution is -2.37. The highest BCUT2D eigenvalue weighted by Crippen LogP contribution is 2.24. The zero-order chi connectivity index (χ0) is 21.4. The largest absolute Gasteiger partial charge is 0.497 e. The van der Waals surface area contributed by atoms with E-state index in [4.69, 9.17) is 9.26 Å². The number of halogens is 2. The zero-order valence-corrected chi connectivity index (χ0v) is 16.3. The number of rotatable bonds is 5. The third-order valence-corrected chi connectivity index (χ3v) is 4.84. The molecule has 154 valence electrons. The maximum atomic E-state index is 14.1. The van der Waals surface area contributed by atoms with Crippen molar-refractivity contribution in [2.75, 3.05) is 7.11 Å². The third-order valence-electron chi connectivity index (χ3n) is 4.84. The Morgan fingerprint density at radius 2 is 1.97 bits per heavy atom. The Kier molecular flexibility index (Phi) is 4.62. The third kappa shape index (κ3) is 3.61. The van der Waals surface area contributed by atoms with Gasteiger partial charge in [0.2, 0.25) is 18.5 Å². The van der Waals surface area contributed by atoms with Crippen molar-refractivity contribution in [3.05, 3.63) is 78.3 Å². The second-order valence-electron chi connectivity index (χ2n) is 6.86. The van der Waals surface area contributed by atoms with E-state index in [1.807, 2.05) is 30.3 Å². The minimum absolute atomic E-state index is 0.0575. The van der Waals surface area contributed by atoms with Crippen molar-refractivity contribution < 1.29 is 22.7 Å². The molecule has 0 spiro atoms. The number of imidazole rings is 1. The van der Waals surface area contributed by atoms with Gasteiger partial charge >= 0.3 is 0 Å². The molecule has 5 rings (SSSR count). The average molecular weight is 420 g/mol. The number of nitrogens with zero attached hydrogens (tertiary/aromatic N) is 4. The van der Waals surface area contributed by atoms with E-state index in [9.17, 15) is 8.78 Å². The average Bonchev–Trinajstić information content (AvgIpc) is 3.42. The van der Waals surface area contributed by atoms with Gasteiger partial charge in [-0.05, 0) is 41.5 Å². The molecule has 0 aliphatic heterocycles. The van der Waals surface area contributed by atoms with Crippen LogP contribution < -0.4 is 9.42 Å². The molecule has 5 aromatic rings. The molecular formula is C22H16F2N5O2+. The topological polar surface area (TPSA) is 80.7 Å². The number of benzene rings is 2. The number of fused-ring (bicyclic) bond motifs is 1. The summed E-state index contributed by atoms with van der Waals surface area (Å²) in [5.74, 6) is -0.275. The standard InChI is InChI=1S/C22H15F2N5O2/c1-30-14-7-5-13(6-8-14)18-9-15(31-28-18)11-29-12-20-19(10-25-29)26-22(27-20)16-3-2-4-17(23)21(16)24/h2-10,12H,11H2,1H3/p+1. The zero-order valence-electron chi connectivity index (χ0n) is 16.3. The highest BCUT2D eigenvalue weighted by atomic mass is 19.2. The Hall–Kier alpha value is -4.14. The number of H-pyrrole nitrogens is 1. The minimum atomic E-state index is -0.949. The monoisotopic (exact) mass is 420 g/mol. The van der Waals surface area contributed by atoms with Crippen LogP contribution in [0.3, 0.4) is 0 Å². The number of nitrogens with one attached hydrogen (secondary N) is 1. The van der Waals surface area contributed by atoms with Crippen LogP contribution in [0.2, 0.25) is 0 Å². The fraction of sp³-hybridized carbons (Fsp3) is 0.0909. The van der Waals surface area contributed by atoms with Crippen LogP contribution >= 0.6 is 0 Å². The van der Waals surface area contributed by atoms with Gasteiger partial charge in [0, 0.05) is 11.6 Å². The van der Waals surface area contributed by atoms with Gasteiger partial charge in [0.15, 0.2) is 11.6 Å². The van der Waals surface area contributed by atoms with Crippen molar-refractivity contribution in [2.45, 2.75) is 6.54 Å². The molecule has 9 heteroatoms. The second kappa shape index (κ2) is 7.60. The van der Waals surface area contributed by atoms with Gasteiger partial charge in [-0.3, -0.25) is 0 Å². The molecule has 0 radical (unpaired) electrons. The van der Waals surface area contributed by atoms with Crippen molar-refractivity contribution in [1.29, 1.82) is 0 Å². The van der Waals surface area contributed by atoms with Crippen molar-refractivity contribution in [2.24, 2.45) is 0 Å². The highest BCUT2D eigenvalue weighted by Gasteiger charge is 2.17. The van der Waals surface area contributed by atoms with Gasteiger partial charge < -0.3 is 14.2 Å². The van der Waals surface area contributed by atoms with Crippen molar-refractivity contribution in [3.8, 4) is 28.4 Å². The fourth-order valence-corrected chi connectivity index (χ4v) is 3.25. The normalized spacial score (nSPS) is 11.2. The Bertz CT molecular complexity index is 1380. The lowest BCUT2D eigenvalue weighted by Gasteiger charge is -1.99.